The van der Waals surface area contributed by atoms with Crippen LogP contribution in [-0.4, -0.2) is 53.2 Å². The molecular weight excluding hydrogens is 302 g/mol. The van der Waals surface area contributed by atoms with E-state index in [1.54, 1.807) is 0 Å². The fourth-order valence-electron chi connectivity index (χ4n) is 2.61. The average Bonchev–Trinajstić information content (AvgIpc) is 3.06. The Balaban J connectivity index is 2.16. The van der Waals surface area contributed by atoms with Crippen LogP contribution in [0.3, 0.4) is 0 Å². The van der Waals surface area contributed by atoms with Crippen LogP contribution in [0.4, 0.5) is 5.95 Å². The predicted octanol–water partition coefficient (Wildman–Crippen LogP) is -1.38. The van der Waals surface area contributed by atoms with Crippen LogP contribution < -0.4 is 5.73 Å². The fourth-order valence-corrected chi connectivity index (χ4v) is 2.61. The summed E-state index contributed by atoms with van der Waals surface area (Å²) in [6, 6.07) is 0. The number of aromatic hydroxyl groups is 1. The SMILES string of the molecule is C#C[C@H]1[C@H](n2cnc3c(O)nc(N)nc32)O[C@](C#C)(CO)[C@H]1O. The minimum absolute atomic E-state index is 0.0928. The number of hydrogen-bond donors (Lipinski definition) is 4. The molecule has 1 aliphatic rings. The van der Waals surface area contributed by atoms with Gasteiger partial charge in [0.1, 0.15) is 6.10 Å². The number of aliphatic hydroxyl groups is 2. The molecule has 0 unspecified atom stereocenters. The van der Waals surface area contributed by atoms with Gasteiger partial charge in [0.25, 0.3) is 0 Å². The minimum atomic E-state index is -1.64. The quantitative estimate of drug-likeness (QED) is 0.497. The molecule has 9 nitrogen and oxygen atoms in total. The summed E-state index contributed by atoms with van der Waals surface area (Å²) in [5.74, 6) is 3.22. The summed E-state index contributed by atoms with van der Waals surface area (Å²) in [5, 5.41) is 29.6. The lowest BCUT2D eigenvalue weighted by atomic mass is 9.91. The summed E-state index contributed by atoms with van der Waals surface area (Å²) in [6.45, 7) is -0.617. The second-order valence-corrected chi connectivity index (χ2v) is 5.07. The van der Waals surface area contributed by atoms with Gasteiger partial charge < -0.3 is 25.8 Å². The van der Waals surface area contributed by atoms with Crippen molar-refractivity contribution in [3.8, 4) is 30.6 Å². The Kier molecular flexibility index (Phi) is 3.34. The highest BCUT2D eigenvalue weighted by molar-refractivity contribution is 5.77. The molecule has 0 bridgehead atoms. The molecule has 4 atom stereocenters. The maximum atomic E-state index is 10.3. The molecule has 2 aromatic heterocycles. The van der Waals surface area contributed by atoms with E-state index in [-0.39, 0.29) is 17.1 Å². The third-order valence-electron chi connectivity index (χ3n) is 3.82. The molecule has 5 N–H and O–H groups in total. The lowest BCUT2D eigenvalue weighted by molar-refractivity contribution is -0.0894. The number of aliphatic hydroxyl groups excluding tert-OH is 2. The van der Waals surface area contributed by atoms with E-state index < -0.39 is 36.3 Å². The monoisotopic (exact) mass is 315 g/mol. The topological polar surface area (TPSA) is 140 Å². The van der Waals surface area contributed by atoms with Crippen molar-refractivity contribution in [2.45, 2.75) is 17.9 Å². The first-order valence-corrected chi connectivity index (χ1v) is 6.57. The van der Waals surface area contributed by atoms with Crippen LogP contribution in [0, 0.1) is 30.6 Å². The number of aromatic nitrogens is 4. The number of nitrogens with zero attached hydrogens (tertiary/aromatic N) is 4. The first kappa shape index (κ1) is 15.1. The van der Waals surface area contributed by atoms with Crippen molar-refractivity contribution in [2.75, 3.05) is 12.3 Å². The molecule has 23 heavy (non-hydrogen) atoms. The number of nitrogen functional groups attached to an aromatic ring is 1. The van der Waals surface area contributed by atoms with Crippen LogP contribution in [0.15, 0.2) is 6.33 Å². The largest absolute Gasteiger partial charge is 0.492 e. The normalized spacial score (nSPS) is 30.2. The third kappa shape index (κ3) is 1.99. The molecule has 0 amide bonds. The number of nitrogens with two attached hydrogens (primary N) is 1. The summed E-state index contributed by atoms with van der Waals surface area (Å²) in [7, 11) is 0. The number of terminal acetylenes is 2. The van der Waals surface area contributed by atoms with Gasteiger partial charge in [-0.1, -0.05) is 11.8 Å². The fraction of sp³-hybridized carbons (Fsp3) is 0.357. The lowest BCUT2D eigenvalue weighted by Gasteiger charge is -2.23. The van der Waals surface area contributed by atoms with E-state index in [2.05, 4.69) is 26.8 Å². The van der Waals surface area contributed by atoms with Crippen molar-refractivity contribution in [2.24, 2.45) is 5.92 Å². The van der Waals surface area contributed by atoms with Crippen LogP contribution >= 0.6 is 0 Å². The molecule has 1 aliphatic heterocycles. The van der Waals surface area contributed by atoms with Crippen LogP contribution in [0.5, 0.6) is 5.88 Å². The highest BCUT2D eigenvalue weighted by atomic mass is 16.6. The molecule has 2 aromatic rings. The first-order chi connectivity index (χ1) is 11.0. The summed E-state index contributed by atoms with van der Waals surface area (Å²) in [6.07, 6.45) is 9.93. The van der Waals surface area contributed by atoms with Crippen molar-refractivity contribution in [1.29, 1.82) is 0 Å². The molecule has 1 fully saturated rings. The molecule has 0 aromatic carbocycles. The molecule has 3 rings (SSSR count). The molecule has 118 valence electrons. The smallest absolute Gasteiger partial charge is 0.244 e. The molecule has 0 aliphatic carbocycles. The van der Waals surface area contributed by atoms with E-state index in [9.17, 15) is 15.3 Å². The summed E-state index contributed by atoms with van der Waals surface area (Å²) in [4.78, 5) is 11.6. The zero-order valence-corrected chi connectivity index (χ0v) is 11.8. The van der Waals surface area contributed by atoms with E-state index in [4.69, 9.17) is 23.3 Å². The highest BCUT2D eigenvalue weighted by Gasteiger charge is 2.54. The van der Waals surface area contributed by atoms with Gasteiger partial charge in [0.15, 0.2) is 23.0 Å². The average molecular weight is 315 g/mol. The standard InChI is InChI=1S/C14H13N5O4/c1-3-7-9(21)14(4-2,5-20)23-12(7)19-6-16-8-10(19)17-13(15)18-11(8)22/h1-2,6-7,9,12,20-21H,5H2,(H3,15,17,18,22)/t7-,9+,12-,14-/m1/s1. The molecule has 1 saturated heterocycles. The Morgan fingerprint density at radius 2 is 2.17 bits per heavy atom. The van der Waals surface area contributed by atoms with Gasteiger partial charge in [-0.05, 0) is 0 Å². The number of imidazole rings is 1. The van der Waals surface area contributed by atoms with Gasteiger partial charge in [-0.15, -0.1) is 12.8 Å². The van der Waals surface area contributed by atoms with Crippen molar-refractivity contribution in [3.63, 3.8) is 0 Å². The van der Waals surface area contributed by atoms with Gasteiger partial charge in [0, 0.05) is 0 Å². The molecule has 9 heteroatoms. The second-order valence-electron chi connectivity index (χ2n) is 5.07. The molecule has 3 heterocycles. The van der Waals surface area contributed by atoms with Crippen molar-refractivity contribution in [3.05, 3.63) is 6.33 Å². The zero-order chi connectivity index (χ0) is 16.8. The molecule has 0 radical (unpaired) electrons. The van der Waals surface area contributed by atoms with Crippen molar-refractivity contribution in [1.82, 2.24) is 19.5 Å². The Bertz CT molecular complexity index is 851. The lowest BCUT2D eigenvalue weighted by Crippen LogP contribution is -2.43. The predicted molar refractivity (Wildman–Crippen MR) is 78.5 cm³/mol. The van der Waals surface area contributed by atoms with E-state index in [1.165, 1.54) is 10.9 Å². The van der Waals surface area contributed by atoms with E-state index in [0.29, 0.717) is 0 Å². The van der Waals surface area contributed by atoms with Gasteiger partial charge in [0.2, 0.25) is 11.8 Å². The Morgan fingerprint density at radius 3 is 2.78 bits per heavy atom. The van der Waals surface area contributed by atoms with Crippen LogP contribution in [-0.2, 0) is 4.74 Å². The maximum Gasteiger partial charge on any atom is 0.244 e. The minimum Gasteiger partial charge on any atom is -0.492 e. The number of anilines is 1. The Labute approximate surface area is 130 Å². The summed E-state index contributed by atoms with van der Waals surface area (Å²) < 4.78 is 7.04. The number of rotatable bonds is 2. The van der Waals surface area contributed by atoms with Crippen LogP contribution in [0.1, 0.15) is 6.23 Å². The Hall–Kier alpha value is -2.85. The molecule has 0 saturated carbocycles. The van der Waals surface area contributed by atoms with Crippen molar-refractivity contribution >= 4 is 17.1 Å². The summed E-state index contributed by atoms with van der Waals surface area (Å²) >= 11 is 0. The molecular formula is C14H13N5O4. The number of fused-ring (bicyclic) bond motifs is 1. The number of hydrogen-bond acceptors (Lipinski definition) is 8. The Morgan fingerprint density at radius 1 is 1.43 bits per heavy atom. The van der Waals surface area contributed by atoms with Gasteiger partial charge in [-0.25, -0.2) is 4.98 Å². The number of ether oxygens (including phenoxy) is 1. The zero-order valence-electron chi connectivity index (χ0n) is 11.8. The third-order valence-corrected chi connectivity index (χ3v) is 3.82. The van der Waals surface area contributed by atoms with Gasteiger partial charge >= 0.3 is 0 Å². The van der Waals surface area contributed by atoms with E-state index in [1.807, 2.05) is 0 Å². The maximum absolute atomic E-state index is 10.3. The van der Waals surface area contributed by atoms with Crippen LogP contribution in [0.2, 0.25) is 0 Å². The van der Waals surface area contributed by atoms with Gasteiger partial charge in [0.05, 0.1) is 18.9 Å². The van der Waals surface area contributed by atoms with E-state index >= 15 is 0 Å². The van der Waals surface area contributed by atoms with Gasteiger partial charge in [-0.2, -0.15) is 9.97 Å². The highest BCUT2D eigenvalue weighted by Crippen LogP contribution is 2.42. The van der Waals surface area contributed by atoms with Crippen LogP contribution in [0.25, 0.3) is 11.2 Å². The van der Waals surface area contributed by atoms with Crippen molar-refractivity contribution < 1.29 is 20.1 Å². The molecule has 0 spiro atoms. The second kappa shape index (κ2) is 5.11. The summed E-state index contributed by atoms with van der Waals surface area (Å²) in [5.41, 5.74) is 4.14. The van der Waals surface area contributed by atoms with Gasteiger partial charge in [-0.3, -0.25) is 4.57 Å². The first-order valence-electron chi connectivity index (χ1n) is 6.57. The van der Waals surface area contributed by atoms with E-state index in [0.717, 1.165) is 0 Å².